The van der Waals surface area contributed by atoms with Crippen LogP contribution in [0.1, 0.15) is 5.56 Å². The van der Waals surface area contributed by atoms with Gasteiger partial charge < -0.3 is 10.6 Å². The molecule has 0 aromatic heterocycles. The summed E-state index contributed by atoms with van der Waals surface area (Å²) in [6.07, 6.45) is 0. The van der Waals surface area contributed by atoms with Gasteiger partial charge in [-0.15, -0.1) is 0 Å². The summed E-state index contributed by atoms with van der Waals surface area (Å²) in [7, 11) is 1.13. The van der Waals surface area contributed by atoms with Crippen LogP contribution in [0.5, 0.6) is 0 Å². The predicted octanol–water partition coefficient (Wildman–Crippen LogP) is 1.12. The molecule has 0 fully saturated rings. The van der Waals surface area contributed by atoms with Gasteiger partial charge in [-0.3, -0.25) is 0 Å². The first-order valence-corrected chi connectivity index (χ1v) is 7.81. The Kier molecular flexibility index (Phi) is 5.91. The average molecular weight is 324 g/mol. The van der Waals surface area contributed by atoms with E-state index in [0.717, 1.165) is 10.4 Å². The van der Waals surface area contributed by atoms with Gasteiger partial charge in [-0.05, 0) is 26.2 Å². The molecule has 1 rings (SSSR count). The molecule has 0 spiro atoms. The van der Waals surface area contributed by atoms with Crippen LogP contribution in [-0.4, -0.2) is 51.9 Å². The third-order valence-electron chi connectivity index (χ3n) is 2.85. The van der Waals surface area contributed by atoms with Gasteiger partial charge in [-0.25, -0.2) is 12.8 Å². The molecule has 0 saturated carbocycles. The normalized spacial score (nSPS) is 12.4. The second kappa shape index (κ2) is 6.82. The standard InChI is InChI=1S/C12H19ClFN3O2S/c1-16(2)4-5-17(3)20(18,19)11-7-10(13)6-9(8-15)12(11)14/h6-7H,4-5,8,15H2,1-3H3. The van der Waals surface area contributed by atoms with Crippen molar-refractivity contribution < 1.29 is 12.8 Å². The van der Waals surface area contributed by atoms with Gasteiger partial charge in [0.2, 0.25) is 10.0 Å². The lowest BCUT2D eigenvalue weighted by Crippen LogP contribution is -2.34. The minimum atomic E-state index is -3.93. The topological polar surface area (TPSA) is 66.6 Å². The minimum Gasteiger partial charge on any atom is -0.326 e. The second-order valence-corrected chi connectivity index (χ2v) is 7.16. The third kappa shape index (κ3) is 3.89. The van der Waals surface area contributed by atoms with Gasteiger partial charge in [0.25, 0.3) is 0 Å². The molecule has 2 N–H and O–H groups in total. The molecule has 0 aliphatic heterocycles. The molecule has 0 aliphatic carbocycles. The molecule has 0 saturated heterocycles. The Hall–Kier alpha value is -0.730. The monoisotopic (exact) mass is 323 g/mol. The average Bonchev–Trinajstić information content (AvgIpc) is 2.37. The van der Waals surface area contributed by atoms with Gasteiger partial charge in [0, 0.05) is 37.3 Å². The van der Waals surface area contributed by atoms with E-state index in [-0.39, 0.29) is 23.7 Å². The fourth-order valence-corrected chi connectivity index (χ4v) is 3.18. The predicted molar refractivity (Wildman–Crippen MR) is 77.7 cm³/mol. The number of likely N-dealkylation sites (N-methyl/N-ethyl adjacent to an activating group) is 2. The van der Waals surface area contributed by atoms with Gasteiger partial charge in [-0.2, -0.15) is 4.31 Å². The third-order valence-corrected chi connectivity index (χ3v) is 4.92. The summed E-state index contributed by atoms with van der Waals surface area (Å²) < 4.78 is 40.0. The second-order valence-electron chi connectivity index (χ2n) is 4.71. The summed E-state index contributed by atoms with van der Waals surface area (Å²) in [5.41, 5.74) is 5.47. The maximum absolute atomic E-state index is 14.2. The van der Waals surface area contributed by atoms with Gasteiger partial charge >= 0.3 is 0 Å². The smallest absolute Gasteiger partial charge is 0.245 e. The Morgan fingerprint density at radius 2 is 1.85 bits per heavy atom. The Balaban J connectivity index is 3.18. The van der Waals surface area contributed by atoms with E-state index < -0.39 is 20.7 Å². The SMILES string of the molecule is CN(C)CCN(C)S(=O)(=O)c1cc(Cl)cc(CN)c1F. The summed E-state index contributed by atoms with van der Waals surface area (Å²) in [5, 5.41) is 0.145. The van der Waals surface area contributed by atoms with E-state index in [1.807, 2.05) is 19.0 Å². The Bertz CT molecular complexity index is 578. The van der Waals surface area contributed by atoms with Crippen LogP contribution < -0.4 is 5.73 Å². The van der Waals surface area contributed by atoms with Crippen molar-refractivity contribution in [1.82, 2.24) is 9.21 Å². The molecule has 0 bridgehead atoms. The van der Waals surface area contributed by atoms with E-state index in [1.54, 1.807) is 0 Å². The maximum Gasteiger partial charge on any atom is 0.245 e. The fraction of sp³-hybridized carbons (Fsp3) is 0.500. The molecular weight excluding hydrogens is 305 g/mol. The van der Waals surface area contributed by atoms with Crippen molar-refractivity contribution in [1.29, 1.82) is 0 Å². The summed E-state index contributed by atoms with van der Waals surface area (Å²) >= 11 is 5.83. The molecule has 8 heteroatoms. The van der Waals surface area contributed by atoms with Crippen LogP contribution in [0.3, 0.4) is 0 Å². The highest BCUT2D eigenvalue weighted by atomic mass is 35.5. The highest BCUT2D eigenvalue weighted by Crippen LogP contribution is 2.25. The number of nitrogens with two attached hydrogens (primary N) is 1. The largest absolute Gasteiger partial charge is 0.326 e. The van der Waals surface area contributed by atoms with Gasteiger partial charge in [-0.1, -0.05) is 11.6 Å². The van der Waals surface area contributed by atoms with E-state index in [1.165, 1.54) is 13.1 Å². The molecule has 0 atom stereocenters. The molecule has 0 unspecified atom stereocenters. The number of hydrogen-bond acceptors (Lipinski definition) is 4. The number of nitrogens with zero attached hydrogens (tertiary/aromatic N) is 2. The lowest BCUT2D eigenvalue weighted by molar-refractivity contribution is 0.357. The molecule has 1 aromatic rings. The number of benzene rings is 1. The minimum absolute atomic E-state index is 0.0806. The summed E-state index contributed by atoms with van der Waals surface area (Å²) in [6, 6.07) is 2.44. The highest BCUT2D eigenvalue weighted by molar-refractivity contribution is 7.89. The Labute approximate surface area is 124 Å². The quantitative estimate of drug-likeness (QED) is 0.852. The highest BCUT2D eigenvalue weighted by Gasteiger charge is 2.26. The molecule has 0 heterocycles. The first-order valence-electron chi connectivity index (χ1n) is 5.99. The summed E-state index contributed by atoms with van der Waals surface area (Å²) in [5.74, 6) is -0.839. The van der Waals surface area contributed by atoms with Crippen molar-refractivity contribution in [3.63, 3.8) is 0 Å². The Morgan fingerprint density at radius 3 is 2.35 bits per heavy atom. The van der Waals surface area contributed by atoms with Crippen LogP contribution in [0.4, 0.5) is 4.39 Å². The van der Waals surface area contributed by atoms with E-state index >= 15 is 0 Å². The maximum atomic E-state index is 14.2. The van der Waals surface area contributed by atoms with E-state index in [9.17, 15) is 12.8 Å². The van der Waals surface area contributed by atoms with Crippen LogP contribution in [0.2, 0.25) is 5.02 Å². The lowest BCUT2D eigenvalue weighted by Gasteiger charge is -2.20. The van der Waals surface area contributed by atoms with Crippen molar-refractivity contribution in [2.24, 2.45) is 5.73 Å². The zero-order chi connectivity index (χ0) is 15.5. The molecule has 1 aromatic carbocycles. The van der Waals surface area contributed by atoms with Gasteiger partial charge in [0.1, 0.15) is 10.7 Å². The van der Waals surface area contributed by atoms with E-state index in [0.29, 0.717) is 6.54 Å². The lowest BCUT2D eigenvalue weighted by atomic mass is 10.2. The van der Waals surface area contributed by atoms with Crippen LogP contribution in [0.15, 0.2) is 17.0 Å². The zero-order valence-corrected chi connectivity index (χ0v) is 13.3. The molecular formula is C12H19ClFN3O2S. The van der Waals surface area contributed by atoms with Crippen LogP contribution in [-0.2, 0) is 16.6 Å². The number of sulfonamides is 1. The van der Waals surface area contributed by atoms with Crippen LogP contribution in [0.25, 0.3) is 0 Å². The molecule has 114 valence electrons. The molecule has 20 heavy (non-hydrogen) atoms. The summed E-state index contributed by atoms with van der Waals surface area (Å²) in [4.78, 5) is 1.40. The van der Waals surface area contributed by atoms with E-state index in [4.69, 9.17) is 17.3 Å². The molecule has 0 radical (unpaired) electrons. The van der Waals surface area contributed by atoms with Crippen molar-refractivity contribution >= 4 is 21.6 Å². The number of halogens is 2. The van der Waals surface area contributed by atoms with Crippen LogP contribution in [0, 0.1) is 5.82 Å². The van der Waals surface area contributed by atoms with Crippen molar-refractivity contribution in [2.45, 2.75) is 11.4 Å². The molecule has 0 aliphatic rings. The van der Waals surface area contributed by atoms with Gasteiger partial charge in [0.05, 0.1) is 0 Å². The first kappa shape index (κ1) is 17.3. The number of hydrogen-bond donors (Lipinski definition) is 1. The fourth-order valence-electron chi connectivity index (χ4n) is 1.58. The van der Waals surface area contributed by atoms with Crippen LogP contribution >= 0.6 is 11.6 Å². The molecule has 0 amide bonds. The Morgan fingerprint density at radius 1 is 1.25 bits per heavy atom. The van der Waals surface area contributed by atoms with Gasteiger partial charge in [0.15, 0.2) is 0 Å². The van der Waals surface area contributed by atoms with Crippen molar-refractivity contribution in [3.05, 3.63) is 28.5 Å². The summed E-state index contributed by atoms with van der Waals surface area (Å²) in [6.45, 7) is 0.664. The van der Waals surface area contributed by atoms with E-state index in [2.05, 4.69) is 0 Å². The number of rotatable bonds is 6. The van der Waals surface area contributed by atoms with Crippen molar-refractivity contribution in [2.75, 3.05) is 34.2 Å². The first-order chi connectivity index (χ1) is 9.20. The van der Waals surface area contributed by atoms with Crippen molar-refractivity contribution in [3.8, 4) is 0 Å². The molecule has 5 nitrogen and oxygen atoms in total. The zero-order valence-electron chi connectivity index (χ0n) is 11.7.